The summed E-state index contributed by atoms with van der Waals surface area (Å²) in [6.07, 6.45) is 15.4. The maximum atomic E-state index is 4.00. The van der Waals surface area contributed by atoms with Crippen LogP contribution in [0.3, 0.4) is 0 Å². The van der Waals surface area contributed by atoms with Gasteiger partial charge in [-0.25, -0.2) is 0 Å². The first-order chi connectivity index (χ1) is 9.36. The van der Waals surface area contributed by atoms with Crippen LogP contribution >= 0.6 is 0 Å². The van der Waals surface area contributed by atoms with Gasteiger partial charge in [-0.2, -0.15) is 0 Å². The molecule has 0 saturated heterocycles. The summed E-state index contributed by atoms with van der Waals surface area (Å²) in [7, 11) is 0. The normalized spacial score (nSPS) is 14.7. The largest absolute Gasteiger partial charge is 0.124 e. The molecule has 2 aromatic carbocycles. The third-order valence-electron chi connectivity index (χ3n) is 3.55. The van der Waals surface area contributed by atoms with E-state index in [2.05, 4.69) is 68.3 Å². The highest BCUT2D eigenvalue weighted by atomic mass is 14.1. The van der Waals surface area contributed by atoms with E-state index in [-0.39, 0.29) is 0 Å². The second-order valence-corrected chi connectivity index (χ2v) is 5.09. The van der Waals surface area contributed by atoms with Crippen LogP contribution in [0, 0.1) is 18.8 Å². The van der Waals surface area contributed by atoms with Crippen LogP contribution in [0.25, 0.3) is 10.8 Å². The third-order valence-corrected chi connectivity index (χ3v) is 3.55. The fraction of sp³-hybridized carbons (Fsp3) is 0.368. The van der Waals surface area contributed by atoms with Crippen LogP contribution in [0.15, 0.2) is 48.5 Å². The summed E-state index contributed by atoms with van der Waals surface area (Å²) < 4.78 is 0. The lowest BCUT2D eigenvalue weighted by atomic mass is 9.91. The van der Waals surface area contributed by atoms with E-state index in [0.717, 1.165) is 5.92 Å². The van der Waals surface area contributed by atoms with Gasteiger partial charge in [0.05, 0.1) is 0 Å². The maximum Gasteiger partial charge on any atom is -0.0184 e. The molecule has 0 nitrogen and oxygen atoms in total. The van der Waals surface area contributed by atoms with Crippen molar-refractivity contribution in [3.63, 3.8) is 0 Å². The van der Waals surface area contributed by atoms with Crippen molar-refractivity contribution in [3.05, 3.63) is 48.5 Å². The highest BCUT2D eigenvalue weighted by Crippen LogP contribution is 2.22. The Morgan fingerprint density at radius 3 is 1.37 bits per heavy atom. The summed E-state index contributed by atoms with van der Waals surface area (Å²) in [5, 5.41) is 2.62. The smallest absolute Gasteiger partial charge is 0.0184 e. The molecule has 0 atom stereocenters. The molecule has 1 fully saturated rings. The van der Waals surface area contributed by atoms with Crippen molar-refractivity contribution in [2.45, 2.75) is 39.0 Å². The fourth-order valence-electron chi connectivity index (χ4n) is 2.44. The first-order valence-corrected chi connectivity index (χ1v) is 7.13. The first kappa shape index (κ1) is 15.3. The Balaban J connectivity index is 0.000000177. The standard InChI is InChI=1S/C10H8.C7H14.C2H2/c1-2-6-10-8-4-3-7-9(10)5-1;1-7-5-3-2-4-6-7;1-2/h1-8H;7H,2-6H2,1H3;1-2H. The van der Waals surface area contributed by atoms with Gasteiger partial charge in [0, 0.05) is 0 Å². The highest BCUT2D eigenvalue weighted by Gasteiger charge is 2.05. The van der Waals surface area contributed by atoms with E-state index in [1.165, 1.54) is 42.9 Å². The Morgan fingerprint density at radius 2 is 1.11 bits per heavy atom. The minimum absolute atomic E-state index is 1.04. The molecule has 0 aromatic heterocycles. The Labute approximate surface area is 117 Å². The van der Waals surface area contributed by atoms with Gasteiger partial charge in [-0.1, -0.05) is 87.6 Å². The van der Waals surface area contributed by atoms with E-state index in [4.69, 9.17) is 0 Å². The molecule has 0 amide bonds. The van der Waals surface area contributed by atoms with Gasteiger partial charge in [0.1, 0.15) is 0 Å². The summed E-state index contributed by atoms with van der Waals surface area (Å²) in [5.41, 5.74) is 0. The van der Waals surface area contributed by atoms with Gasteiger partial charge in [-0.3, -0.25) is 0 Å². The van der Waals surface area contributed by atoms with Crippen LogP contribution < -0.4 is 0 Å². The van der Waals surface area contributed by atoms with Crippen LogP contribution in [0.5, 0.6) is 0 Å². The topological polar surface area (TPSA) is 0 Å². The summed E-state index contributed by atoms with van der Waals surface area (Å²) >= 11 is 0. The molecule has 1 saturated carbocycles. The SMILES string of the molecule is C#C.CC1CCCCC1.c1ccc2ccccc2c1. The lowest BCUT2D eigenvalue weighted by Gasteiger charge is -2.15. The Morgan fingerprint density at radius 1 is 0.737 bits per heavy atom. The lowest BCUT2D eigenvalue weighted by molar-refractivity contribution is 0.385. The predicted octanol–water partition coefficient (Wildman–Crippen LogP) is 5.68. The number of rotatable bonds is 0. The quantitative estimate of drug-likeness (QED) is 0.529. The van der Waals surface area contributed by atoms with Gasteiger partial charge in [-0.15, -0.1) is 12.8 Å². The van der Waals surface area contributed by atoms with Crippen LogP contribution in [0.4, 0.5) is 0 Å². The average molecular weight is 252 g/mol. The molecule has 0 bridgehead atoms. The average Bonchev–Trinajstić information content (AvgIpc) is 2.51. The zero-order chi connectivity index (χ0) is 13.9. The van der Waals surface area contributed by atoms with Gasteiger partial charge in [0.2, 0.25) is 0 Å². The molecular weight excluding hydrogens is 228 g/mol. The summed E-state index contributed by atoms with van der Waals surface area (Å²) in [4.78, 5) is 0. The summed E-state index contributed by atoms with van der Waals surface area (Å²) in [6, 6.07) is 16.7. The molecule has 3 rings (SSSR count). The molecule has 0 aliphatic heterocycles. The van der Waals surface area contributed by atoms with E-state index in [1.54, 1.807) is 0 Å². The molecule has 0 heteroatoms. The monoisotopic (exact) mass is 252 g/mol. The molecule has 0 heterocycles. The Hall–Kier alpha value is -1.74. The number of hydrogen-bond acceptors (Lipinski definition) is 0. The van der Waals surface area contributed by atoms with E-state index in [9.17, 15) is 0 Å². The number of terminal acetylenes is 1. The van der Waals surface area contributed by atoms with E-state index in [0.29, 0.717) is 0 Å². The Kier molecular flexibility index (Phi) is 7.44. The van der Waals surface area contributed by atoms with Crippen LogP contribution in [-0.2, 0) is 0 Å². The van der Waals surface area contributed by atoms with Gasteiger partial charge >= 0.3 is 0 Å². The van der Waals surface area contributed by atoms with Crippen molar-refractivity contribution in [1.29, 1.82) is 0 Å². The van der Waals surface area contributed by atoms with Crippen LogP contribution in [-0.4, -0.2) is 0 Å². The zero-order valence-corrected chi connectivity index (χ0v) is 11.9. The summed E-state index contributed by atoms with van der Waals surface area (Å²) in [6.45, 7) is 2.36. The van der Waals surface area contributed by atoms with Crippen LogP contribution in [0.1, 0.15) is 39.0 Å². The van der Waals surface area contributed by atoms with Crippen molar-refractivity contribution in [2.24, 2.45) is 5.92 Å². The molecule has 100 valence electrons. The Bertz CT molecular complexity index is 410. The molecular formula is C19H24. The highest BCUT2D eigenvalue weighted by molar-refractivity contribution is 5.81. The molecule has 0 unspecified atom stereocenters. The number of hydrogen-bond donors (Lipinski definition) is 0. The molecule has 2 aromatic rings. The summed E-state index contributed by atoms with van der Waals surface area (Å²) in [5.74, 6) is 1.04. The minimum Gasteiger partial charge on any atom is -0.124 e. The minimum atomic E-state index is 1.04. The van der Waals surface area contributed by atoms with Crippen molar-refractivity contribution in [3.8, 4) is 12.8 Å². The number of benzene rings is 2. The third kappa shape index (κ3) is 5.62. The van der Waals surface area contributed by atoms with Crippen LogP contribution in [0.2, 0.25) is 0 Å². The molecule has 0 N–H and O–H groups in total. The van der Waals surface area contributed by atoms with Gasteiger partial charge in [0.15, 0.2) is 0 Å². The fourth-order valence-corrected chi connectivity index (χ4v) is 2.44. The molecule has 1 aliphatic rings. The van der Waals surface area contributed by atoms with Gasteiger partial charge in [0.25, 0.3) is 0 Å². The zero-order valence-electron chi connectivity index (χ0n) is 11.9. The predicted molar refractivity (Wildman–Crippen MR) is 86.1 cm³/mol. The van der Waals surface area contributed by atoms with Crippen molar-refractivity contribution >= 4 is 10.8 Å². The first-order valence-electron chi connectivity index (χ1n) is 7.13. The molecule has 19 heavy (non-hydrogen) atoms. The van der Waals surface area contributed by atoms with E-state index < -0.39 is 0 Å². The lowest BCUT2D eigenvalue weighted by Crippen LogP contribution is -1.99. The second kappa shape index (κ2) is 9.22. The molecule has 0 radical (unpaired) electrons. The van der Waals surface area contributed by atoms with Crippen molar-refractivity contribution < 1.29 is 0 Å². The van der Waals surface area contributed by atoms with Crippen molar-refractivity contribution in [2.75, 3.05) is 0 Å². The van der Waals surface area contributed by atoms with Gasteiger partial charge in [-0.05, 0) is 16.7 Å². The van der Waals surface area contributed by atoms with E-state index >= 15 is 0 Å². The van der Waals surface area contributed by atoms with Gasteiger partial charge < -0.3 is 0 Å². The van der Waals surface area contributed by atoms with E-state index in [1.807, 2.05) is 0 Å². The van der Waals surface area contributed by atoms with Crippen molar-refractivity contribution in [1.82, 2.24) is 0 Å². The maximum absolute atomic E-state index is 4.00. The second-order valence-electron chi connectivity index (χ2n) is 5.09. The molecule has 0 spiro atoms. The molecule has 1 aliphatic carbocycles. The number of fused-ring (bicyclic) bond motifs is 1.